The van der Waals surface area contributed by atoms with E-state index in [2.05, 4.69) is 55.3 Å². The van der Waals surface area contributed by atoms with E-state index in [1.165, 1.54) is 69.3 Å². The first-order chi connectivity index (χ1) is 14.9. The lowest BCUT2D eigenvalue weighted by Crippen LogP contribution is -2.43. The van der Waals surface area contributed by atoms with E-state index in [1.807, 2.05) is 0 Å². The van der Waals surface area contributed by atoms with Crippen LogP contribution in [0.4, 0.5) is 0 Å². The van der Waals surface area contributed by atoms with E-state index in [9.17, 15) is 9.90 Å². The van der Waals surface area contributed by atoms with Gasteiger partial charge in [-0.15, -0.1) is 0 Å². The molecule has 1 aromatic carbocycles. The average molecular weight is 429 g/mol. The summed E-state index contributed by atoms with van der Waals surface area (Å²) in [5.41, 5.74) is 2.82. The lowest BCUT2D eigenvalue weighted by Gasteiger charge is -2.33. The SMILES string of the molecule is Cc1ccc(CCCC2CCN(CC3CCC(NC(CC(C)C)C(=O)O)C3)CC2)cc1. The van der Waals surface area contributed by atoms with Crippen molar-refractivity contribution in [3.8, 4) is 0 Å². The summed E-state index contributed by atoms with van der Waals surface area (Å²) in [5, 5.41) is 12.9. The Kier molecular flexibility index (Phi) is 9.40. The molecular weight excluding hydrogens is 384 g/mol. The maximum Gasteiger partial charge on any atom is 0.320 e. The van der Waals surface area contributed by atoms with Gasteiger partial charge in [0, 0.05) is 12.6 Å². The summed E-state index contributed by atoms with van der Waals surface area (Å²) in [7, 11) is 0. The molecule has 3 rings (SSSR count). The molecule has 3 unspecified atom stereocenters. The number of nitrogens with one attached hydrogen (secondary N) is 1. The fraction of sp³-hybridized carbons (Fsp3) is 0.741. The van der Waals surface area contributed by atoms with Crippen molar-refractivity contribution in [3.63, 3.8) is 0 Å². The number of carboxylic acid groups (broad SMARTS) is 1. The van der Waals surface area contributed by atoms with E-state index in [-0.39, 0.29) is 6.04 Å². The first-order valence-electron chi connectivity index (χ1n) is 12.7. The summed E-state index contributed by atoms with van der Waals surface area (Å²) in [6.07, 6.45) is 10.8. The molecule has 174 valence electrons. The minimum absolute atomic E-state index is 0.379. The van der Waals surface area contributed by atoms with Gasteiger partial charge < -0.3 is 15.3 Å². The minimum Gasteiger partial charge on any atom is -0.480 e. The summed E-state index contributed by atoms with van der Waals surface area (Å²) >= 11 is 0. The third-order valence-corrected chi connectivity index (χ3v) is 7.41. The second kappa shape index (κ2) is 12.0. The van der Waals surface area contributed by atoms with Gasteiger partial charge >= 0.3 is 5.97 Å². The molecule has 1 aliphatic carbocycles. The van der Waals surface area contributed by atoms with Crippen molar-refractivity contribution in [3.05, 3.63) is 35.4 Å². The van der Waals surface area contributed by atoms with Gasteiger partial charge in [-0.05, 0) is 94.7 Å². The van der Waals surface area contributed by atoms with Crippen molar-refractivity contribution in [2.75, 3.05) is 19.6 Å². The summed E-state index contributed by atoms with van der Waals surface area (Å²) in [5.74, 6) is 1.33. The van der Waals surface area contributed by atoms with Crippen LogP contribution in [0.1, 0.15) is 76.3 Å². The molecule has 0 spiro atoms. The van der Waals surface area contributed by atoms with Crippen molar-refractivity contribution in [2.45, 2.75) is 90.6 Å². The van der Waals surface area contributed by atoms with Gasteiger partial charge in [-0.25, -0.2) is 0 Å². The number of carboxylic acids is 1. The molecule has 4 heteroatoms. The van der Waals surface area contributed by atoms with Gasteiger partial charge in [-0.2, -0.15) is 0 Å². The maximum atomic E-state index is 11.6. The fourth-order valence-corrected chi connectivity index (χ4v) is 5.56. The zero-order chi connectivity index (χ0) is 22.2. The molecule has 2 fully saturated rings. The quantitative estimate of drug-likeness (QED) is 0.503. The van der Waals surface area contributed by atoms with Crippen molar-refractivity contribution < 1.29 is 9.90 Å². The number of hydrogen-bond donors (Lipinski definition) is 2. The van der Waals surface area contributed by atoms with Gasteiger partial charge in [0.25, 0.3) is 0 Å². The number of piperidine rings is 1. The number of nitrogens with zero attached hydrogens (tertiary/aromatic N) is 1. The lowest BCUT2D eigenvalue weighted by atomic mass is 9.90. The third-order valence-electron chi connectivity index (χ3n) is 7.41. The van der Waals surface area contributed by atoms with Gasteiger partial charge in [-0.3, -0.25) is 4.79 Å². The average Bonchev–Trinajstić information content (AvgIpc) is 3.17. The molecule has 2 aliphatic rings. The van der Waals surface area contributed by atoms with Crippen LogP contribution in [0.5, 0.6) is 0 Å². The molecule has 0 bridgehead atoms. The van der Waals surface area contributed by atoms with Crippen LogP contribution < -0.4 is 5.32 Å². The summed E-state index contributed by atoms with van der Waals surface area (Å²) < 4.78 is 0. The normalized spacial score (nSPS) is 24.0. The van der Waals surface area contributed by atoms with Gasteiger partial charge in [0.1, 0.15) is 6.04 Å². The summed E-state index contributed by atoms with van der Waals surface area (Å²) in [6, 6.07) is 9.00. The Hall–Kier alpha value is -1.39. The van der Waals surface area contributed by atoms with Crippen molar-refractivity contribution >= 4 is 5.97 Å². The summed E-state index contributed by atoms with van der Waals surface area (Å²) in [6.45, 7) is 10.0. The predicted molar refractivity (Wildman–Crippen MR) is 128 cm³/mol. The first-order valence-corrected chi connectivity index (χ1v) is 12.7. The van der Waals surface area contributed by atoms with E-state index in [1.54, 1.807) is 0 Å². The Bertz CT molecular complexity index is 664. The molecular formula is C27H44N2O2. The molecule has 0 amide bonds. The van der Waals surface area contributed by atoms with E-state index in [0.717, 1.165) is 24.7 Å². The van der Waals surface area contributed by atoms with Crippen LogP contribution >= 0.6 is 0 Å². The highest BCUT2D eigenvalue weighted by molar-refractivity contribution is 5.73. The maximum absolute atomic E-state index is 11.6. The van der Waals surface area contributed by atoms with E-state index < -0.39 is 5.97 Å². The molecule has 0 radical (unpaired) electrons. The molecule has 1 heterocycles. The Balaban J connectivity index is 1.31. The Labute approximate surface area is 189 Å². The number of carbonyl (C=O) groups is 1. The molecule has 1 saturated heterocycles. The van der Waals surface area contributed by atoms with Crippen LogP contribution in [0.3, 0.4) is 0 Å². The van der Waals surface area contributed by atoms with E-state index in [4.69, 9.17) is 0 Å². The molecule has 4 nitrogen and oxygen atoms in total. The van der Waals surface area contributed by atoms with Crippen LogP contribution in [-0.4, -0.2) is 47.7 Å². The first kappa shape index (κ1) is 24.3. The monoisotopic (exact) mass is 428 g/mol. The van der Waals surface area contributed by atoms with Crippen molar-refractivity contribution in [1.82, 2.24) is 10.2 Å². The second-order valence-corrected chi connectivity index (χ2v) is 10.7. The molecule has 31 heavy (non-hydrogen) atoms. The number of rotatable bonds is 11. The van der Waals surface area contributed by atoms with Gasteiger partial charge in [0.05, 0.1) is 0 Å². The van der Waals surface area contributed by atoms with E-state index in [0.29, 0.717) is 18.4 Å². The minimum atomic E-state index is -0.693. The molecule has 0 aromatic heterocycles. The van der Waals surface area contributed by atoms with Gasteiger partial charge in [0.15, 0.2) is 0 Å². The predicted octanol–water partition coefficient (Wildman–Crippen LogP) is 5.29. The van der Waals surface area contributed by atoms with Crippen LogP contribution in [0.15, 0.2) is 24.3 Å². The smallest absolute Gasteiger partial charge is 0.320 e. The Morgan fingerprint density at radius 1 is 1.10 bits per heavy atom. The van der Waals surface area contributed by atoms with Crippen LogP contribution in [-0.2, 0) is 11.2 Å². The standard InChI is InChI=1S/C27H44N2O2/c1-20(2)17-26(27(30)31)28-25-12-11-24(18-25)19-29-15-13-23(14-16-29)6-4-5-22-9-7-21(3)8-10-22/h7-10,20,23-26,28H,4-6,11-19H2,1-3H3,(H,30,31). The zero-order valence-electron chi connectivity index (χ0n) is 20.0. The number of benzene rings is 1. The number of hydrogen-bond acceptors (Lipinski definition) is 3. The highest BCUT2D eigenvalue weighted by atomic mass is 16.4. The topological polar surface area (TPSA) is 52.6 Å². The second-order valence-electron chi connectivity index (χ2n) is 10.7. The van der Waals surface area contributed by atoms with Gasteiger partial charge in [-0.1, -0.05) is 50.1 Å². The largest absolute Gasteiger partial charge is 0.480 e. The third kappa shape index (κ3) is 8.23. The molecule has 1 aliphatic heterocycles. The molecule has 1 aromatic rings. The summed E-state index contributed by atoms with van der Waals surface area (Å²) in [4.78, 5) is 14.2. The number of likely N-dealkylation sites (tertiary alicyclic amines) is 1. The van der Waals surface area contributed by atoms with Crippen LogP contribution in [0.2, 0.25) is 0 Å². The molecule has 1 saturated carbocycles. The Morgan fingerprint density at radius 2 is 1.81 bits per heavy atom. The molecule has 3 atom stereocenters. The molecule has 2 N–H and O–H groups in total. The number of aryl methyl sites for hydroxylation is 2. The van der Waals surface area contributed by atoms with Crippen LogP contribution in [0.25, 0.3) is 0 Å². The zero-order valence-corrected chi connectivity index (χ0v) is 20.0. The van der Waals surface area contributed by atoms with E-state index >= 15 is 0 Å². The Morgan fingerprint density at radius 3 is 2.45 bits per heavy atom. The highest BCUT2D eigenvalue weighted by Crippen LogP contribution is 2.30. The number of aliphatic carboxylic acids is 1. The fourth-order valence-electron chi connectivity index (χ4n) is 5.56. The lowest BCUT2D eigenvalue weighted by molar-refractivity contribution is -0.140. The highest BCUT2D eigenvalue weighted by Gasteiger charge is 2.31. The van der Waals surface area contributed by atoms with Gasteiger partial charge in [0.2, 0.25) is 0 Å². The van der Waals surface area contributed by atoms with Crippen LogP contribution in [0, 0.1) is 24.7 Å². The van der Waals surface area contributed by atoms with Crippen molar-refractivity contribution in [1.29, 1.82) is 0 Å². The van der Waals surface area contributed by atoms with Crippen molar-refractivity contribution in [2.24, 2.45) is 17.8 Å².